The van der Waals surface area contributed by atoms with Crippen LogP contribution in [0.3, 0.4) is 0 Å². The van der Waals surface area contributed by atoms with Gasteiger partial charge in [0.2, 0.25) is 0 Å². The van der Waals surface area contributed by atoms with E-state index in [1.54, 1.807) is 6.07 Å². The van der Waals surface area contributed by atoms with Crippen LogP contribution in [0.15, 0.2) is 22.7 Å². The molecule has 1 aliphatic rings. The Hall–Kier alpha value is -0.580. The van der Waals surface area contributed by atoms with E-state index in [9.17, 15) is 10.2 Å². The van der Waals surface area contributed by atoms with Gasteiger partial charge in [-0.15, -0.1) is 0 Å². The highest BCUT2D eigenvalue weighted by atomic mass is 79.9. The molecule has 0 atom stereocenters. The number of hydrogen-bond acceptors (Lipinski definition) is 3. The van der Waals surface area contributed by atoms with Gasteiger partial charge in [-0.05, 0) is 46.5 Å². The molecule has 1 aliphatic carbocycles. The lowest BCUT2D eigenvalue weighted by Gasteiger charge is -2.26. The summed E-state index contributed by atoms with van der Waals surface area (Å²) in [5.41, 5.74) is 1.22. The largest absolute Gasteiger partial charge is 0.507 e. The van der Waals surface area contributed by atoms with E-state index in [1.807, 2.05) is 12.1 Å². The number of nitrogens with one attached hydrogen (secondary N) is 1. The first kappa shape index (κ1) is 13.8. The van der Waals surface area contributed by atoms with Crippen LogP contribution in [0.5, 0.6) is 5.75 Å². The second-order valence-corrected chi connectivity index (χ2v) is 6.11. The average molecular weight is 314 g/mol. The molecule has 0 amide bonds. The van der Waals surface area contributed by atoms with Crippen LogP contribution in [0.25, 0.3) is 0 Å². The van der Waals surface area contributed by atoms with Gasteiger partial charge in [-0.3, -0.25) is 0 Å². The first-order valence-electron chi connectivity index (χ1n) is 6.44. The number of phenolic OH excluding ortho intramolecular Hbond substituents is 1. The van der Waals surface area contributed by atoms with E-state index in [1.165, 1.54) is 12.8 Å². The maximum absolute atomic E-state index is 9.51. The van der Waals surface area contributed by atoms with Crippen molar-refractivity contribution in [3.8, 4) is 5.75 Å². The zero-order chi connectivity index (χ0) is 13.0. The van der Waals surface area contributed by atoms with E-state index in [-0.39, 0.29) is 17.8 Å². The number of aromatic hydroxyl groups is 1. The molecule has 0 spiro atoms. The molecule has 0 aliphatic heterocycles. The maximum Gasteiger partial charge on any atom is 0.129 e. The maximum atomic E-state index is 9.51. The summed E-state index contributed by atoms with van der Waals surface area (Å²) in [4.78, 5) is 0. The Morgan fingerprint density at radius 3 is 2.61 bits per heavy atom. The third-order valence-electron chi connectivity index (χ3n) is 3.84. The molecular weight excluding hydrogens is 294 g/mol. The van der Waals surface area contributed by atoms with E-state index in [0.29, 0.717) is 0 Å². The number of benzene rings is 1. The van der Waals surface area contributed by atoms with Crippen molar-refractivity contribution < 1.29 is 10.2 Å². The number of phenols is 1. The van der Waals surface area contributed by atoms with Crippen molar-refractivity contribution in [1.82, 2.24) is 5.32 Å². The third-order valence-corrected chi connectivity index (χ3v) is 4.48. The van der Waals surface area contributed by atoms with E-state index in [0.717, 1.165) is 36.0 Å². The molecule has 0 bridgehead atoms. The molecule has 100 valence electrons. The molecule has 1 aromatic rings. The first-order chi connectivity index (χ1) is 8.65. The van der Waals surface area contributed by atoms with Crippen LogP contribution < -0.4 is 5.32 Å². The van der Waals surface area contributed by atoms with Crippen molar-refractivity contribution in [3.05, 3.63) is 28.2 Å². The standard InChI is InChI=1S/C14H20BrNO2/c15-12-7-11(3-4-13(12)18)8-16-9-14(10-17)5-1-2-6-14/h3-4,7,16-18H,1-2,5-6,8-10H2. The molecule has 1 saturated carbocycles. The minimum atomic E-state index is 0.0914. The zero-order valence-corrected chi connectivity index (χ0v) is 12.0. The fourth-order valence-electron chi connectivity index (χ4n) is 2.65. The normalized spacial score (nSPS) is 18.1. The monoisotopic (exact) mass is 313 g/mol. The molecule has 0 heterocycles. The van der Waals surface area contributed by atoms with Crippen LogP contribution in [0.1, 0.15) is 31.2 Å². The van der Waals surface area contributed by atoms with Gasteiger partial charge in [0, 0.05) is 25.1 Å². The van der Waals surface area contributed by atoms with Gasteiger partial charge in [0.25, 0.3) is 0 Å². The van der Waals surface area contributed by atoms with E-state index in [2.05, 4.69) is 21.2 Å². The Morgan fingerprint density at radius 2 is 2.00 bits per heavy atom. The Balaban J connectivity index is 1.86. The van der Waals surface area contributed by atoms with Gasteiger partial charge in [0.15, 0.2) is 0 Å². The van der Waals surface area contributed by atoms with Crippen molar-refractivity contribution in [2.45, 2.75) is 32.2 Å². The Labute approximate surface area is 116 Å². The van der Waals surface area contributed by atoms with E-state index < -0.39 is 0 Å². The molecular formula is C14H20BrNO2. The molecule has 4 heteroatoms. The molecule has 0 aromatic heterocycles. The quantitative estimate of drug-likeness (QED) is 0.783. The van der Waals surface area contributed by atoms with Crippen LogP contribution >= 0.6 is 15.9 Å². The SMILES string of the molecule is OCC1(CNCc2ccc(O)c(Br)c2)CCCC1. The van der Waals surface area contributed by atoms with Gasteiger partial charge in [-0.1, -0.05) is 18.9 Å². The van der Waals surface area contributed by atoms with Gasteiger partial charge < -0.3 is 15.5 Å². The molecule has 0 radical (unpaired) electrons. The number of halogens is 1. The molecule has 0 saturated heterocycles. The minimum Gasteiger partial charge on any atom is -0.507 e. The number of hydrogen-bond donors (Lipinski definition) is 3. The minimum absolute atomic E-state index is 0.0914. The van der Waals surface area contributed by atoms with Gasteiger partial charge in [0.1, 0.15) is 5.75 Å². The molecule has 0 unspecified atom stereocenters. The van der Waals surface area contributed by atoms with Crippen LogP contribution in [0.4, 0.5) is 0 Å². The first-order valence-corrected chi connectivity index (χ1v) is 7.23. The third kappa shape index (κ3) is 3.25. The summed E-state index contributed by atoms with van der Waals surface area (Å²) in [6, 6.07) is 5.52. The highest BCUT2D eigenvalue weighted by molar-refractivity contribution is 9.10. The summed E-state index contributed by atoms with van der Waals surface area (Å²) in [5, 5.41) is 22.4. The van der Waals surface area contributed by atoms with Crippen LogP contribution in [0.2, 0.25) is 0 Å². The summed E-state index contributed by atoms with van der Waals surface area (Å²) in [6.07, 6.45) is 4.70. The van der Waals surface area contributed by atoms with Crippen molar-refractivity contribution >= 4 is 15.9 Å². The Kier molecular flexibility index (Phi) is 4.65. The van der Waals surface area contributed by atoms with E-state index >= 15 is 0 Å². The van der Waals surface area contributed by atoms with Crippen molar-refractivity contribution in [3.63, 3.8) is 0 Å². The molecule has 18 heavy (non-hydrogen) atoms. The smallest absolute Gasteiger partial charge is 0.129 e. The molecule has 3 nitrogen and oxygen atoms in total. The predicted molar refractivity (Wildman–Crippen MR) is 75.5 cm³/mol. The summed E-state index contributed by atoms with van der Waals surface area (Å²) >= 11 is 3.31. The van der Waals surface area contributed by atoms with Crippen molar-refractivity contribution in [1.29, 1.82) is 0 Å². The van der Waals surface area contributed by atoms with Gasteiger partial charge >= 0.3 is 0 Å². The molecule has 1 aromatic carbocycles. The summed E-state index contributed by atoms with van der Waals surface area (Å²) in [6.45, 7) is 1.90. The molecule has 1 fully saturated rings. The predicted octanol–water partition coefficient (Wildman–Crippen LogP) is 2.80. The molecule has 3 N–H and O–H groups in total. The van der Waals surface area contributed by atoms with Crippen molar-refractivity contribution in [2.24, 2.45) is 5.41 Å². The average Bonchev–Trinajstić information content (AvgIpc) is 2.83. The fraction of sp³-hybridized carbons (Fsp3) is 0.571. The van der Waals surface area contributed by atoms with Gasteiger partial charge in [-0.25, -0.2) is 0 Å². The van der Waals surface area contributed by atoms with Gasteiger partial charge in [0.05, 0.1) is 4.47 Å². The second kappa shape index (κ2) is 6.04. The summed E-state index contributed by atoms with van der Waals surface area (Å²) < 4.78 is 0.722. The summed E-state index contributed by atoms with van der Waals surface area (Å²) in [5.74, 6) is 0.265. The fourth-order valence-corrected chi connectivity index (χ4v) is 3.07. The lowest BCUT2D eigenvalue weighted by Crippen LogP contribution is -2.34. The Morgan fingerprint density at radius 1 is 1.28 bits per heavy atom. The highest BCUT2D eigenvalue weighted by Crippen LogP contribution is 2.37. The Bertz CT molecular complexity index is 403. The molecule has 2 rings (SSSR count). The highest BCUT2D eigenvalue weighted by Gasteiger charge is 2.32. The zero-order valence-electron chi connectivity index (χ0n) is 10.5. The number of aliphatic hydroxyl groups excluding tert-OH is 1. The number of aliphatic hydroxyl groups is 1. The second-order valence-electron chi connectivity index (χ2n) is 5.25. The van der Waals surface area contributed by atoms with Gasteiger partial charge in [-0.2, -0.15) is 0 Å². The topological polar surface area (TPSA) is 52.5 Å². The van der Waals surface area contributed by atoms with Crippen LogP contribution in [-0.4, -0.2) is 23.4 Å². The van der Waals surface area contributed by atoms with Crippen molar-refractivity contribution in [2.75, 3.05) is 13.2 Å². The summed E-state index contributed by atoms with van der Waals surface area (Å²) in [7, 11) is 0. The number of rotatable bonds is 5. The van der Waals surface area contributed by atoms with E-state index in [4.69, 9.17) is 0 Å². The van der Waals surface area contributed by atoms with Crippen LogP contribution in [0, 0.1) is 5.41 Å². The van der Waals surface area contributed by atoms with Crippen LogP contribution in [-0.2, 0) is 6.54 Å². The lowest BCUT2D eigenvalue weighted by atomic mass is 9.87. The lowest BCUT2D eigenvalue weighted by molar-refractivity contribution is 0.128.